The van der Waals surface area contributed by atoms with E-state index in [1.165, 1.54) is 38.6 Å². The van der Waals surface area contributed by atoms with Gasteiger partial charge in [-0.15, -0.1) is 0 Å². The molecule has 0 radical (unpaired) electrons. The van der Waals surface area contributed by atoms with Gasteiger partial charge < -0.3 is 20.1 Å². The summed E-state index contributed by atoms with van der Waals surface area (Å²) in [6.45, 7) is 4.44. The second-order valence-electron chi connectivity index (χ2n) is 5.88. The first-order chi connectivity index (χ1) is 8.93. The molecule has 1 saturated carbocycles. The second kappa shape index (κ2) is 6.33. The third kappa shape index (κ3) is 3.05. The van der Waals surface area contributed by atoms with Gasteiger partial charge in [-0.05, 0) is 38.1 Å². The molecule has 0 aromatic rings. The molecule has 0 bridgehead atoms. The van der Waals surface area contributed by atoms with Crippen LogP contribution >= 0.6 is 0 Å². The Kier molecular flexibility index (Phi) is 4.52. The molecule has 3 aliphatic rings. The van der Waals surface area contributed by atoms with Gasteiger partial charge >= 0.3 is 0 Å². The Labute approximate surface area is 110 Å². The van der Waals surface area contributed by atoms with Crippen molar-refractivity contribution >= 4 is 0 Å². The molecule has 0 amide bonds. The van der Waals surface area contributed by atoms with Gasteiger partial charge in [-0.1, -0.05) is 6.42 Å². The van der Waals surface area contributed by atoms with Crippen LogP contribution in [0, 0.1) is 5.92 Å². The van der Waals surface area contributed by atoms with E-state index < -0.39 is 0 Å². The summed E-state index contributed by atoms with van der Waals surface area (Å²) >= 11 is 0. The summed E-state index contributed by atoms with van der Waals surface area (Å²) < 4.78 is 11.1. The zero-order chi connectivity index (χ0) is 12.2. The van der Waals surface area contributed by atoms with Gasteiger partial charge in [-0.25, -0.2) is 0 Å². The monoisotopic (exact) mass is 254 g/mol. The molecule has 2 saturated heterocycles. The van der Waals surface area contributed by atoms with E-state index in [1.807, 2.05) is 0 Å². The minimum atomic E-state index is 0.261. The molecule has 3 rings (SSSR count). The molecule has 2 heterocycles. The SMILES string of the molecule is C1CNC(C2CCCC2NCC2COCCO2)C1. The summed E-state index contributed by atoms with van der Waals surface area (Å²) in [6.07, 6.45) is 7.08. The summed E-state index contributed by atoms with van der Waals surface area (Å²) in [7, 11) is 0. The molecule has 3 fully saturated rings. The van der Waals surface area contributed by atoms with Gasteiger partial charge in [0.15, 0.2) is 0 Å². The second-order valence-corrected chi connectivity index (χ2v) is 5.88. The van der Waals surface area contributed by atoms with Crippen LogP contribution in [-0.2, 0) is 9.47 Å². The van der Waals surface area contributed by atoms with Crippen molar-refractivity contribution in [3.8, 4) is 0 Å². The van der Waals surface area contributed by atoms with Gasteiger partial charge in [0, 0.05) is 18.6 Å². The van der Waals surface area contributed by atoms with Crippen LogP contribution in [0.25, 0.3) is 0 Å². The Balaban J connectivity index is 1.45. The molecule has 1 aliphatic carbocycles. The average molecular weight is 254 g/mol. The van der Waals surface area contributed by atoms with Crippen LogP contribution in [-0.4, -0.2) is 51.1 Å². The van der Waals surface area contributed by atoms with Crippen LogP contribution in [0.5, 0.6) is 0 Å². The Morgan fingerprint density at radius 2 is 2.11 bits per heavy atom. The van der Waals surface area contributed by atoms with Crippen LogP contribution in [0.3, 0.4) is 0 Å². The van der Waals surface area contributed by atoms with Crippen molar-refractivity contribution in [2.45, 2.75) is 50.3 Å². The molecule has 104 valence electrons. The fraction of sp³-hybridized carbons (Fsp3) is 1.00. The molecular formula is C14H26N2O2. The lowest BCUT2D eigenvalue weighted by Crippen LogP contribution is -2.46. The molecule has 0 aromatic carbocycles. The zero-order valence-corrected chi connectivity index (χ0v) is 11.2. The highest BCUT2D eigenvalue weighted by atomic mass is 16.6. The van der Waals surface area contributed by atoms with Gasteiger partial charge in [-0.3, -0.25) is 0 Å². The molecule has 4 unspecified atom stereocenters. The minimum Gasteiger partial charge on any atom is -0.376 e. The first kappa shape index (κ1) is 12.9. The third-order valence-electron chi connectivity index (χ3n) is 4.68. The summed E-state index contributed by atoms with van der Waals surface area (Å²) in [5.74, 6) is 0.831. The maximum atomic E-state index is 5.70. The van der Waals surface area contributed by atoms with E-state index in [9.17, 15) is 0 Å². The number of hydrogen-bond acceptors (Lipinski definition) is 4. The van der Waals surface area contributed by atoms with Crippen molar-refractivity contribution in [2.75, 3.05) is 32.9 Å². The Morgan fingerprint density at radius 1 is 1.11 bits per heavy atom. The molecule has 4 heteroatoms. The van der Waals surface area contributed by atoms with Crippen LogP contribution < -0.4 is 10.6 Å². The van der Waals surface area contributed by atoms with Crippen LogP contribution in [0.2, 0.25) is 0 Å². The van der Waals surface area contributed by atoms with E-state index in [1.54, 1.807) is 0 Å². The normalized spacial score (nSPS) is 41.3. The van der Waals surface area contributed by atoms with E-state index in [2.05, 4.69) is 10.6 Å². The number of hydrogen-bond donors (Lipinski definition) is 2. The lowest BCUT2D eigenvalue weighted by Gasteiger charge is -2.29. The Morgan fingerprint density at radius 3 is 2.89 bits per heavy atom. The molecule has 0 aromatic heterocycles. The lowest BCUT2D eigenvalue weighted by atomic mass is 9.93. The van der Waals surface area contributed by atoms with Gasteiger partial charge in [-0.2, -0.15) is 0 Å². The minimum absolute atomic E-state index is 0.261. The van der Waals surface area contributed by atoms with Gasteiger partial charge in [0.1, 0.15) is 0 Å². The molecule has 4 atom stereocenters. The van der Waals surface area contributed by atoms with E-state index in [4.69, 9.17) is 9.47 Å². The molecule has 18 heavy (non-hydrogen) atoms. The maximum absolute atomic E-state index is 5.70. The Hall–Kier alpha value is -0.160. The quantitative estimate of drug-likeness (QED) is 0.783. The summed E-state index contributed by atoms with van der Waals surface area (Å²) in [5.41, 5.74) is 0. The van der Waals surface area contributed by atoms with Gasteiger partial charge in [0.25, 0.3) is 0 Å². The summed E-state index contributed by atoms with van der Waals surface area (Å²) in [4.78, 5) is 0. The fourth-order valence-electron chi connectivity index (χ4n) is 3.74. The largest absolute Gasteiger partial charge is 0.376 e. The van der Waals surface area contributed by atoms with Gasteiger partial charge in [0.2, 0.25) is 0 Å². The number of ether oxygens (including phenoxy) is 2. The van der Waals surface area contributed by atoms with Crippen molar-refractivity contribution in [3.05, 3.63) is 0 Å². The molecule has 0 spiro atoms. The number of nitrogens with one attached hydrogen (secondary N) is 2. The van der Waals surface area contributed by atoms with Crippen LogP contribution in [0.15, 0.2) is 0 Å². The average Bonchev–Trinajstić information content (AvgIpc) is 3.08. The maximum Gasteiger partial charge on any atom is 0.0933 e. The standard InChI is InChI=1S/C14H26N2O2/c1-3-12(13-5-2-6-15-13)14(4-1)16-9-11-10-17-7-8-18-11/h11-16H,1-10H2. The lowest BCUT2D eigenvalue weighted by molar-refractivity contribution is -0.0874. The summed E-state index contributed by atoms with van der Waals surface area (Å²) in [5, 5.41) is 7.40. The van der Waals surface area contributed by atoms with E-state index in [0.717, 1.165) is 38.3 Å². The van der Waals surface area contributed by atoms with Crippen LogP contribution in [0.1, 0.15) is 32.1 Å². The highest BCUT2D eigenvalue weighted by molar-refractivity contribution is 4.93. The summed E-state index contributed by atoms with van der Waals surface area (Å²) in [6, 6.07) is 1.44. The first-order valence-corrected chi connectivity index (χ1v) is 7.59. The smallest absolute Gasteiger partial charge is 0.0933 e. The molecule has 4 nitrogen and oxygen atoms in total. The first-order valence-electron chi connectivity index (χ1n) is 7.59. The van der Waals surface area contributed by atoms with E-state index in [-0.39, 0.29) is 6.10 Å². The predicted molar refractivity (Wildman–Crippen MR) is 70.7 cm³/mol. The van der Waals surface area contributed by atoms with Crippen molar-refractivity contribution in [2.24, 2.45) is 5.92 Å². The van der Waals surface area contributed by atoms with Crippen molar-refractivity contribution in [1.82, 2.24) is 10.6 Å². The topological polar surface area (TPSA) is 42.5 Å². The molecule has 2 aliphatic heterocycles. The predicted octanol–water partition coefficient (Wildman–Crippen LogP) is 0.912. The van der Waals surface area contributed by atoms with E-state index >= 15 is 0 Å². The fourth-order valence-corrected chi connectivity index (χ4v) is 3.74. The molecular weight excluding hydrogens is 228 g/mol. The highest BCUT2D eigenvalue weighted by Gasteiger charge is 2.35. The van der Waals surface area contributed by atoms with Crippen molar-refractivity contribution < 1.29 is 9.47 Å². The van der Waals surface area contributed by atoms with Crippen molar-refractivity contribution in [3.63, 3.8) is 0 Å². The zero-order valence-electron chi connectivity index (χ0n) is 11.2. The van der Waals surface area contributed by atoms with E-state index in [0.29, 0.717) is 6.04 Å². The Bertz CT molecular complexity index is 250. The van der Waals surface area contributed by atoms with Crippen LogP contribution in [0.4, 0.5) is 0 Å². The molecule has 2 N–H and O–H groups in total. The number of rotatable bonds is 4. The third-order valence-corrected chi connectivity index (χ3v) is 4.68. The highest BCUT2D eigenvalue weighted by Crippen LogP contribution is 2.31. The van der Waals surface area contributed by atoms with Gasteiger partial charge in [0.05, 0.1) is 25.9 Å². The van der Waals surface area contributed by atoms with Crippen molar-refractivity contribution in [1.29, 1.82) is 0 Å².